The minimum atomic E-state index is -0.354. The third kappa shape index (κ3) is 3.84. The molecular weight excluding hydrogens is 428 g/mol. The predicted octanol–water partition coefficient (Wildman–Crippen LogP) is 6.75. The zero-order valence-electron chi connectivity index (χ0n) is 19.5. The maximum absolute atomic E-state index is 13.6. The average molecular weight is 457 g/mol. The summed E-state index contributed by atoms with van der Waals surface area (Å²) < 4.78 is 5.81. The molecule has 5 heteroatoms. The first-order valence-corrected chi connectivity index (χ1v) is 12.2. The number of anilines is 1. The minimum absolute atomic E-state index is 0.0608. The summed E-state index contributed by atoms with van der Waals surface area (Å²) in [5.41, 5.74) is 5.72. The molecule has 0 saturated carbocycles. The Kier molecular flexibility index (Phi) is 5.32. The van der Waals surface area contributed by atoms with E-state index >= 15 is 0 Å². The second kappa shape index (κ2) is 8.07. The van der Waals surface area contributed by atoms with Crippen LogP contribution in [0.2, 0.25) is 0 Å². The van der Waals surface area contributed by atoms with Crippen LogP contribution in [-0.4, -0.2) is 22.2 Å². The van der Waals surface area contributed by atoms with E-state index in [2.05, 4.69) is 75.1 Å². The Balaban J connectivity index is 1.47. The number of nitrogens with zero attached hydrogens (tertiary/aromatic N) is 2. The van der Waals surface area contributed by atoms with E-state index in [0.29, 0.717) is 5.22 Å². The highest BCUT2D eigenvalue weighted by Crippen LogP contribution is 2.50. The normalized spacial score (nSPS) is 19.5. The molecule has 33 heavy (non-hydrogen) atoms. The van der Waals surface area contributed by atoms with Crippen molar-refractivity contribution in [2.24, 2.45) is 0 Å². The summed E-state index contributed by atoms with van der Waals surface area (Å²) in [4.78, 5) is 20.1. The Morgan fingerprint density at radius 1 is 1.00 bits per heavy atom. The molecule has 4 nitrogen and oxygen atoms in total. The predicted molar refractivity (Wildman–Crippen MR) is 135 cm³/mol. The molecule has 0 spiro atoms. The number of oxazole rings is 1. The summed E-state index contributed by atoms with van der Waals surface area (Å²) in [7, 11) is 0. The summed E-state index contributed by atoms with van der Waals surface area (Å²) in [6.45, 7) is 8.74. The van der Waals surface area contributed by atoms with Crippen molar-refractivity contribution in [1.29, 1.82) is 0 Å². The van der Waals surface area contributed by atoms with E-state index < -0.39 is 0 Å². The fraction of sp³-hybridized carbons (Fsp3) is 0.286. The molecule has 1 aromatic heterocycles. The highest BCUT2D eigenvalue weighted by molar-refractivity contribution is 7.99. The molecule has 5 rings (SSSR count). The maximum Gasteiger partial charge on any atom is 0.257 e. The number of para-hydroxylation sites is 3. The fourth-order valence-corrected chi connectivity index (χ4v) is 5.94. The molecule has 1 aliphatic rings. The van der Waals surface area contributed by atoms with Crippen molar-refractivity contribution >= 4 is 34.5 Å². The van der Waals surface area contributed by atoms with Gasteiger partial charge in [-0.25, -0.2) is 4.98 Å². The van der Waals surface area contributed by atoms with Crippen LogP contribution in [0, 0.1) is 6.92 Å². The van der Waals surface area contributed by atoms with Gasteiger partial charge in [-0.15, -0.1) is 0 Å². The summed E-state index contributed by atoms with van der Waals surface area (Å²) in [6, 6.07) is 24.8. The van der Waals surface area contributed by atoms with E-state index in [9.17, 15) is 4.79 Å². The van der Waals surface area contributed by atoms with Crippen molar-refractivity contribution in [3.8, 4) is 0 Å². The second-order valence-corrected chi connectivity index (χ2v) is 10.6. The Hall–Kier alpha value is -3.05. The zero-order valence-corrected chi connectivity index (χ0v) is 20.3. The first kappa shape index (κ1) is 21.8. The number of aryl methyl sites for hydroxylation is 1. The molecule has 1 atom stereocenters. The van der Waals surface area contributed by atoms with Gasteiger partial charge in [0.25, 0.3) is 5.22 Å². The van der Waals surface area contributed by atoms with Gasteiger partial charge in [0.2, 0.25) is 5.91 Å². The number of fused-ring (bicyclic) bond motifs is 2. The van der Waals surface area contributed by atoms with Gasteiger partial charge in [0.1, 0.15) is 5.52 Å². The minimum Gasteiger partial charge on any atom is -0.431 e. The zero-order chi connectivity index (χ0) is 23.2. The number of hydrogen-bond acceptors (Lipinski definition) is 4. The summed E-state index contributed by atoms with van der Waals surface area (Å²) in [5, 5.41) is 0.525. The molecule has 2 heterocycles. The van der Waals surface area contributed by atoms with E-state index in [4.69, 9.17) is 4.42 Å². The van der Waals surface area contributed by atoms with Crippen LogP contribution < -0.4 is 4.90 Å². The van der Waals surface area contributed by atoms with Gasteiger partial charge in [-0.05, 0) is 56.5 Å². The molecule has 0 unspecified atom stereocenters. The fourth-order valence-electron chi connectivity index (χ4n) is 5.25. The molecule has 0 bridgehead atoms. The molecule has 0 aliphatic carbocycles. The molecule has 168 valence electrons. The number of rotatable bonds is 4. The molecule has 1 aliphatic heterocycles. The number of aromatic nitrogens is 1. The first-order chi connectivity index (χ1) is 15.8. The number of carbonyl (C=O) groups is 1. The van der Waals surface area contributed by atoms with E-state index in [1.165, 1.54) is 28.5 Å². The Labute approximate surface area is 199 Å². The number of hydrogen-bond donors (Lipinski definition) is 0. The summed E-state index contributed by atoms with van der Waals surface area (Å²) >= 11 is 1.35. The van der Waals surface area contributed by atoms with E-state index in [0.717, 1.165) is 23.2 Å². The van der Waals surface area contributed by atoms with Crippen LogP contribution in [0.4, 0.5) is 5.69 Å². The van der Waals surface area contributed by atoms with E-state index in [-0.39, 0.29) is 22.6 Å². The van der Waals surface area contributed by atoms with Crippen molar-refractivity contribution in [2.45, 2.75) is 50.3 Å². The van der Waals surface area contributed by atoms with Crippen LogP contribution in [0.1, 0.15) is 43.9 Å². The third-order valence-corrected chi connectivity index (χ3v) is 7.48. The molecule has 0 N–H and O–H groups in total. The first-order valence-electron chi connectivity index (χ1n) is 11.3. The standard InChI is InChI=1S/C28H28N2O2S/c1-19-13-15-20(16-14-19)28(4)18-27(2,3)30(23-11-7-5-9-21(23)28)25(31)17-33-26-29-22-10-6-8-12-24(22)32-26/h5-16H,17-18H2,1-4H3/t28-/m1/s1. The van der Waals surface area contributed by atoms with Crippen molar-refractivity contribution < 1.29 is 9.21 Å². The Morgan fingerprint density at radius 2 is 1.70 bits per heavy atom. The van der Waals surface area contributed by atoms with Gasteiger partial charge in [-0.2, -0.15) is 0 Å². The Bertz CT molecular complexity index is 1290. The molecular formula is C28H28N2O2S. The Morgan fingerprint density at radius 3 is 2.45 bits per heavy atom. The quantitative estimate of drug-likeness (QED) is 0.319. The van der Waals surface area contributed by atoms with Gasteiger partial charge < -0.3 is 9.32 Å². The molecule has 3 aromatic carbocycles. The third-order valence-electron chi connectivity index (χ3n) is 6.66. The van der Waals surface area contributed by atoms with Crippen molar-refractivity contribution in [3.63, 3.8) is 0 Å². The van der Waals surface area contributed by atoms with Crippen LogP contribution in [0.15, 0.2) is 82.4 Å². The lowest BCUT2D eigenvalue weighted by Gasteiger charge is -2.51. The number of benzene rings is 3. The molecule has 4 aromatic rings. The van der Waals surface area contributed by atoms with Crippen LogP contribution in [0.3, 0.4) is 0 Å². The number of thioether (sulfide) groups is 1. The molecule has 1 amide bonds. The van der Waals surface area contributed by atoms with Crippen molar-refractivity contribution in [2.75, 3.05) is 10.7 Å². The molecule has 0 saturated heterocycles. The SMILES string of the molecule is Cc1ccc([C@@]2(C)CC(C)(C)N(C(=O)CSc3nc4ccccc4o3)c3ccccc32)cc1. The smallest absolute Gasteiger partial charge is 0.257 e. The number of amides is 1. The summed E-state index contributed by atoms with van der Waals surface area (Å²) in [6.07, 6.45) is 0.833. The van der Waals surface area contributed by atoms with Crippen molar-refractivity contribution in [3.05, 3.63) is 89.5 Å². The lowest BCUT2D eigenvalue weighted by atomic mass is 9.65. The molecule has 0 fully saturated rings. The monoisotopic (exact) mass is 456 g/mol. The van der Waals surface area contributed by atoms with Crippen LogP contribution in [-0.2, 0) is 10.2 Å². The van der Waals surface area contributed by atoms with E-state index in [1.807, 2.05) is 35.2 Å². The van der Waals surface area contributed by atoms with Crippen LogP contribution >= 0.6 is 11.8 Å². The average Bonchev–Trinajstić information content (AvgIpc) is 3.20. The van der Waals surface area contributed by atoms with Gasteiger partial charge in [-0.3, -0.25) is 4.79 Å². The topological polar surface area (TPSA) is 46.3 Å². The van der Waals surface area contributed by atoms with Crippen LogP contribution in [0.25, 0.3) is 11.1 Å². The highest BCUT2D eigenvalue weighted by atomic mass is 32.2. The van der Waals surface area contributed by atoms with Gasteiger partial charge in [-0.1, -0.05) is 78.8 Å². The van der Waals surface area contributed by atoms with Gasteiger partial charge in [0.05, 0.1) is 5.75 Å². The van der Waals surface area contributed by atoms with Gasteiger partial charge >= 0.3 is 0 Å². The van der Waals surface area contributed by atoms with Crippen molar-refractivity contribution in [1.82, 2.24) is 4.98 Å². The van der Waals surface area contributed by atoms with Gasteiger partial charge in [0, 0.05) is 16.6 Å². The lowest BCUT2D eigenvalue weighted by Crippen LogP contribution is -2.56. The maximum atomic E-state index is 13.6. The molecule has 0 radical (unpaired) electrons. The largest absolute Gasteiger partial charge is 0.431 e. The lowest BCUT2D eigenvalue weighted by molar-refractivity contribution is -0.117. The number of carbonyl (C=O) groups excluding carboxylic acids is 1. The second-order valence-electron chi connectivity index (χ2n) is 9.67. The van der Waals surface area contributed by atoms with Crippen LogP contribution in [0.5, 0.6) is 0 Å². The highest BCUT2D eigenvalue weighted by Gasteiger charge is 2.47. The van der Waals surface area contributed by atoms with Gasteiger partial charge in [0.15, 0.2) is 5.58 Å². The summed E-state index contributed by atoms with van der Waals surface area (Å²) in [5.74, 6) is 0.330. The van der Waals surface area contributed by atoms with E-state index in [1.54, 1.807) is 0 Å².